The van der Waals surface area contributed by atoms with Gasteiger partial charge in [-0.1, -0.05) is 6.92 Å². The molecule has 0 radical (unpaired) electrons. The first kappa shape index (κ1) is 11.5. The van der Waals surface area contributed by atoms with Gasteiger partial charge in [0.15, 0.2) is 0 Å². The molecule has 1 atom stereocenters. The second kappa shape index (κ2) is 7.13. The normalized spacial score (nSPS) is 13.9. The van der Waals surface area contributed by atoms with Crippen LogP contribution in [-0.4, -0.2) is 35.3 Å². The average molecular weight is 201 g/mol. The molecule has 0 spiro atoms. The quantitative estimate of drug-likeness (QED) is 0.628. The van der Waals surface area contributed by atoms with Gasteiger partial charge < -0.3 is 5.11 Å². The Balaban J connectivity index is 3.44. The van der Waals surface area contributed by atoms with Crippen molar-refractivity contribution in [2.75, 3.05) is 19.7 Å². The van der Waals surface area contributed by atoms with Crippen LogP contribution in [0.4, 0.5) is 0 Å². The lowest BCUT2D eigenvalue weighted by Gasteiger charge is -2.17. The summed E-state index contributed by atoms with van der Waals surface area (Å²) >= 11 is 11.1. The van der Waals surface area contributed by atoms with Gasteiger partial charge in [0.1, 0.15) is 0 Å². The zero-order valence-electron chi connectivity index (χ0n) is 6.56. The molecule has 0 aromatic carbocycles. The Morgan fingerprint density at radius 3 is 2.64 bits per heavy atom. The van der Waals surface area contributed by atoms with Gasteiger partial charge in [-0.05, 0) is 30.0 Å². The predicted molar refractivity (Wildman–Crippen MR) is 47.6 cm³/mol. The summed E-state index contributed by atoms with van der Waals surface area (Å²) < 4.78 is 1.61. The molecule has 0 fully saturated rings. The van der Waals surface area contributed by atoms with Crippen molar-refractivity contribution in [3.8, 4) is 0 Å². The molecule has 68 valence electrons. The largest absolute Gasteiger partial charge is 0.395 e. The van der Waals surface area contributed by atoms with E-state index in [2.05, 4.69) is 4.84 Å². The third kappa shape index (κ3) is 5.70. The molecular formula is C6H14Cl2N2O. The third-order valence-corrected chi connectivity index (χ3v) is 1.88. The van der Waals surface area contributed by atoms with Crippen molar-refractivity contribution in [3.63, 3.8) is 0 Å². The second-order valence-electron chi connectivity index (χ2n) is 2.36. The van der Waals surface area contributed by atoms with Crippen LogP contribution < -0.4 is 4.84 Å². The van der Waals surface area contributed by atoms with Crippen LogP contribution in [0.5, 0.6) is 0 Å². The Morgan fingerprint density at radius 1 is 1.64 bits per heavy atom. The van der Waals surface area contributed by atoms with Crippen LogP contribution in [0.3, 0.4) is 0 Å². The van der Waals surface area contributed by atoms with Crippen molar-refractivity contribution in [1.29, 1.82) is 0 Å². The zero-order chi connectivity index (χ0) is 8.69. The van der Waals surface area contributed by atoms with Crippen LogP contribution in [-0.2, 0) is 0 Å². The van der Waals surface area contributed by atoms with Crippen molar-refractivity contribution < 1.29 is 5.11 Å². The van der Waals surface area contributed by atoms with E-state index in [1.165, 1.54) is 0 Å². The maximum Gasteiger partial charge on any atom is 0.0610 e. The van der Waals surface area contributed by atoms with E-state index in [9.17, 15) is 0 Å². The molecule has 0 bridgehead atoms. The van der Waals surface area contributed by atoms with Gasteiger partial charge in [-0.3, -0.25) is 0 Å². The average Bonchev–Trinajstić information content (AvgIpc) is 2.01. The van der Waals surface area contributed by atoms with Crippen LogP contribution in [0.25, 0.3) is 0 Å². The lowest BCUT2D eigenvalue weighted by atomic mass is 10.3. The molecule has 11 heavy (non-hydrogen) atoms. The number of hydrogen-bond donors (Lipinski definition) is 2. The summed E-state index contributed by atoms with van der Waals surface area (Å²) in [5.41, 5.74) is 0. The Kier molecular flexibility index (Phi) is 7.43. The zero-order valence-corrected chi connectivity index (χ0v) is 8.07. The minimum absolute atomic E-state index is 0.00354. The van der Waals surface area contributed by atoms with Crippen molar-refractivity contribution in [2.45, 2.75) is 19.4 Å². The highest BCUT2D eigenvalue weighted by Gasteiger charge is 2.09. The van der Waals surface area contributed by atoms with Crippen molar-refractivity contribution in [2.24, 2.45) is 0 Å². The summed E-state index contributed by atoms with van der Waals surface area (Å²) in [6.45, 7) is 3.39. The minimum Gasteiger partial charge on any atom is -0.395 e. The Bertz CT molecular complexity index is 90.7. The fraction of sp³-hybridized carbons (Fsp3) is 1.00. The van der Waals surface area contributed by atoms with Gasteiger partial charge in [0.25, 0.3) is 0 Å². The monoisotopic (exact) mass is 200 g/mol. The topological polar surface area (TPSA) is 35.5 Å². The standard InChI is InChI=1S/C6H14Cl2N2O/c1-2-3-10(8)4-6(5-11)9-7/h6,9,11H,2-5H2,1H3/t6-/m1/s1. The molecule has 0 saturated carbocycles. The molecule has 0 rings (SSSR count). The minimum atomic E-state index is -0.152. The van der Waals surface area contributed by atoms with Crippen molar-refractivity contribution >= 4 is 23.6 Å². The lowest BCUT2D eigenvalue weighted by Crippen LogP contribution is -2.36. The van der Waals surface area contributed by atoms with E-state index in [0.717, 1.165) is 13.0 Å². The molecule has 5 heteroatoms. The second-order valence-corrected chi connectivity index (χ2v) is 3.05. The van der Waals surface area contributed by atoms with Gasteiger partial charge in [0.2, 0.25) is 0 Å². The Hall–Kier alpha value is 0.460. The van der Waals surface area contributed by atoms with Gasteiger partial charge in [-0.25, -0.2) is 9.25 Å². The molecule has 0 saturated heterocycles. The van der Waals surface area contributed by atoms with Crippen LogP contribution >= 0.6 is 23.6 Å². The molecule has 0 aliphatic rings. The molecular weight excluding hydrogens is 187 g/mol. The van der Waals surface area contributed by atoms with E-state index in [0.29, 0.717) is 6.54 Å². The Morgan fingerprint density at radius 2 is 2.27 bits per heavy atom. The highest BCUT2D eigenvalue weighted by atomic mass is 35.5. The molecule has 0 aliphatic heterocycles. The molecule has 0 aliphatic carbocycles. The molecule has 2 N–H and O–H groups in total. The van der Waals surface area contributed by atoms with Crippen LogP contribution in [0, 0.1) is 0 Å². The molecule has 0 unspecified atom stereocenters. The molecule has 0 heterocycles. The van der Waals surface area contributed by atoms with E-state index < -0.39 is 0 Å². The van der Waals surface area contributed by atoms with Gasteiger partial charge in [0.05, 0.1) is 12.6 Å². The summed E-state index contributed by atoms with van der Waals surface area (Å²) in [6, 6.07) is -0.152. The van der Waals surface area contributed by atoms with E-state index in [4.69, 9.17) is 28.7 Å². The lowest BCUT2D eigenvalue weighted by molar-refractivity contribution is 0.237. The molecule has 0 aromatic heterocycles. The summed E-state index contributed by atoms with van der Waals surface area (Å²) in [5, 5.41) is 8.71. The highest BCUT2D eigenvalue weighted by molar-refractivity contribution is 6.14. The van der Waals surface area contributed by atoms with Crippen LogP contribution in [0.15, 0.2) is 0 Å². The van der Waals surface area contributed by atoms with E-state index >= 15 is 0 Å². The number of rotatable bonds is 6. The number of hydrogen-bond acceptors (Lipinski definition) is 3. The maximum atomic E-state index is 8.71. The first-order chi connectivity index (χ1) is 5.24. The first-order valence-electron chi connectivity index (χ1n) is 3.62. The van der Waals surface area contributed by atoms with Crippen LogP contribution in [0.2, 0.25) is 0 Å². The third-order valence-electron chi connectivity index (χ3n) is 1.26. The van der Waals surface area contributed by atoms with Gasteiger partial charge in [-0.2, -0.15) is 0 Å². The first-order valence-corrected chi connectivity index (χ1v) is 4.34. The molecule has 3 nitrogen and oxygen atoms in total. The Labute approximate surface area is 77.5 Å². The van der Waals surface area contributed by atoms with Crippen molar-refractivity contribution in [1.82, 2.24) is 9.25 Å². The number of nitrogens with one attached hydrogen (secondary N) is 1. The van der Waals surface area contributed by atoms with E-state index in [-0.39, 0.29) is 12.6 Å². The predicted octanol–water partition coefficient (Wildman–Crippen LogP) is 0.956. The highest BCUT2D eigenvalue weighted by Crippen LogP contribution is 1.98. The number of aliphatic hydroxyl groups excluding tert-OH is 1. The van der Waals surface area contributed by atoms with Crippen molar-refractivity contribution in [3.05, 3.63) is 0 Å². The summed E-state index contributed by atoms with van der Waals surface area (Å²) in [7, 11) is 0. The summed E-state index contributed by atoms with van der Waals surface area (Å²) in [5.74, 6) is 0. The fourth-order valence-corrected chi connectivity index (χ4v) is 1.17. The SMILES string of the molecule is CCCN(Cl)C[C@H](CO)NCl. The number of halogens is 2. The maximum absolute atomic E-state index is 8.71. The van der Waals surface area contributed by atoms with Gasteiger partial charge in [0, 0.05) is 13.1 Å². The molecule has 0 aromatic rings. The van der Waals surface area contributed by atoms with Gasteiger partial charge >= 0.3 is 0 Å². The smallest absolute Gasteiger partial charge is 0.0610 e. The summed E-state index contributed by atoms with van der Waals surface area (Å²) in [4.78, 5) is 2.44. The van der Waals surface area contributed by atoms with Crippen LogP contribution in [0.1, 0.15) is 13.3 Å². The number of aliphatic hydroxyl groups is 1. The fourth-order valence-electron chi connectivity index (χ4n) is 0.700. The number of nitrogens with zero attached hydrogens (tertiary/aromatic N) is 1. The van der Waals surface area contributed by atoms with E-state index in [1.807, 2.05) is 6.92 Å². The molecule has 0 amide bonds. The van der Waals surface area contributed by atoms with Gasteiger partial charge in [-0.15, -0.1) is 0 Å². The summed E-state index contributed by atoms with van der Waals surface area (Å²) in [6.07, 6.45) is 0.990. The van der Waals surface area contributed by atoms with E-state index in [1.54, 1.807) is 4.42 Å².